The summed E-state index contributed by atoms with van der Waals surface area (Å²) in [7, 11) is 1.91. The van der Waals surface area contributed by atoms with Crippen LogP contribution in [0.3, 0.4) is 0 Å². The third-order valence-corrected chi connectivity index (χ3v) is 6.16. The van der Waals surface area contributed by atoms with E-state index in [0.29, 0.717) is 42.0 Å². The van der Waals surface area contributed by atoms with Gasteiger partial charge in [0.2, 0.25) is 5.91 Å². The molecule has 0 radical (unpaired) electrons. The third-order valence-electron chi connectivity index (χ3n) is 6.16. The summed E-state index contributed by atoms with van der Waals surface area (Å²) < 4.78 is 0. The van der Waals surface area contributed by atoms with Crippen molar-refractivity contribution in [3.8, 4) is 12.1 Å². The maximum Gasteiger partial charge on any atom is 0.272 e. The van der Waals surface area contributed by atoms with Crippen LogP contribution in [0.2, 0.25) is 0 Å². The fourth-order valence-corrected chi connectivity index (χ4v) is 4.05. The van der Waals surface area contributed by atoms with Crippen LogP contribution in [0, 0.1) is 32.8 Å². The number of anilines is 4. The zero-order valence-electron chi connectivity index (χ0n) is 22.2. The van der Waals surface area contributed by atoms with E-state index in [0.717, 1.165) is 17.8 Å². The molecule has 13 heteroatoms. The molecule has 41 heavy (non-hydrogen) atoms. The highest BCUT2D eigenvalue weighted by Crippen LogP contribution is 2.26. The molecule has 0 aromatic heterocycles. The Labute approximate surface area is 235 Å². The Bertz CT molecular complexity index is 1550. The minimum absolute atomic E-state index is 0.0272. The van der Waals surface area contributed by atoms with Crippen molar-refractivity contribution >= 4 is 46.2 Å². The summed E-state index contributed by atoms with van der Waals surface area (Å²) in [6.45, 7) is 2.42. The fraction of sp³-hybridized carbons (Fsp3) is 0.179. The van der Waals surface area contributed by atoms with E-state index in [-0.39, 0.29) is 40.2 Å². The first-order chi connectivity index (χ1) is 19.5. The van der Waals surface area contributed by atoms with Crippen molar-refractivity contribution < 1.29 is 19.3 Å². The minimum atomic E-state index is -0.679. The first-order valence-corrected chi connectivity index (χ1v) is 12.2. The maximum absolute atomic E-state index is 12.4. The molecular formula is C28H26N8O5. The van der Waals surface area contributed by atoms with Crippen LogP contribution < -0.4 is 21.7 Å². The average Bonchev–Trinajstić information content (AvgIpc) is 3.19. The lowest BCUT2D eigenvalue weighted by Crippen LogP contribution is -2.33. The number of rotatable bonds is 7. The topological polar surface area (TPSA) is 212 Å². The van der Waals surface area contributed by atoms with Gasteiger partial charge in [-0.15, -0.1) is 0 Å². The number of fused-ring (bicyclic) bond motifs is 1. The summed E-state index contributed by atoms with van der Waals surface area (Å²) >= 11 is 0. The van der Waals surface area contributed by atoms with Gasteiger partial charge in [0.05, 0.1) is 44.2 Å². The standard InChI is InChI=1S/C20H22N4O3.C8H4N4O2/c1-13(25)22-18-12-14(8-9-17(18)21)23(2)10-5-11-24-19(26)15-6-3-4-7-16(15)20(24)27;9-3-5-1-7(12(13)14)2-6(4-10)8(5)11/h3-4,6-9,12H,5,10-11,21H2,1-2H3,(H,22,25);1-2H,11H2. The van der Waals surface area contributed by atoms with Gasteiger partial charge in [0.15, 0.2) is 0 Å². The summed E-state index contributed by atoms with van der Waals surface area (Å²) in [5, 5.41) is 30.3. The summed E-state index contributed by atoms with van der Waals surface area (Å²) in [5.74, 6) is -0.663. The van der Waals surface area contributed by atoms with E-state index >= 15 is 0 Å². The molecule has 1 aliphatic rings. The zero-order chi connectivity index (χ0) is 30.3. The van der Waals surface area contributed by atoms with Gasteiger partial charge in [-0.05, 0) is 36.8 Å². The van der Waals surface area contributed by atoms with Gasteiger partial charge in [-0.2, -0.15) is 10.5 Å². The Balaban J connectivity index is 0.000000278. The molecular weight excluding hydrogens is 528 g/mol. The Morgan fingerprint density at radius 3 is 2.07 bits per heavy atom. The van der Waals surface area contributed by atoms with Gasteiger partial charge in [-0.1, -0.05) is 12.1 Å². The summed E-state index contributed by atoms with van der Waals surface area (Å²) in [4.78, 5) is 49.0. The number of nitrogen functional groups attached to an aromatic ring is 2. The highest BCUT2D eigenvalue weighted by atomic mass is 16.6. The van der Waals surface area contributed by atoms with Crippen LogP contribution in [0.25, 0.3) is 0 Å². The van der Waals surface area contributed by atoms with Gasteiger partial charge < -0.3 is 21.7 Å². The number of amides is 3. The third kappa shape index (κ3) is 6.74. The largest absolute Gasteiger partial charge is 0.397 e. The first-order valence-electron chi connectivity index (χ1n) is 12.2. The SMILES string of the molecule is CC(=O)Nc1cc(N(C)CCCN2C(=O)c3ccccc3C2=O)ccc1N.N#Cc1cc([N+](=O)[O-])cc(C#N)c1N. The van der Waals surface area contributed by atoms with Crippen molar-refractivity contribution in [3.05, 3.63) is 87.0 Å². The molecule has 0 saturated heterocycles. The Kier molecular flexibility index (Phi) is 9.19. The fourth-order valence-electron chi connectivity index (χ4n) is 4.05. The van der Waals surface area contributed by atoms with Crippen LogP contribution >= 0.6 is 0 Å². The number of carbonyl (C=O) groups is 3. The van der Waals surface area contributed by atoms with E-state index in [1.54, 1.807) is 48.5 Å². The quantitative estimate of drug-likeness (QED) is 0.168. The lowest BCUT2D eigenvalue weighted by Gasteiger charge is -2.22. The molecule has 0 fully saturated rings. The summed E-state index contributed by atoms with van der Waals surface area (Å²) in [6, 6.07) is 17.7. The number of carbonyl (C=O) groups excluding carboxylic acids is 3. The van der Waals surface area contributed by atoms with E-state index in [1.165, 1.54) is 11.8 Å². The Morgan fingerprint density at radius 1 is 1.02 bits per heavy atom. The monoisotopic (exact) mass is 554 g/mol. The lowest BCUT2D eigenvalue weighted by atomic mass is 10.1. The second-order valence-corrected chi connectivity index (χ2v) is 8.97. The van der Waals surface area contributed by atoms with Crippen LogP contribution in [0.5, 0.6) is 0 Å². The first kappa shape index (κ1) is 29.6. The summed E-state index contributed by atoms with van der Waals surface area (Å²) in [6.07, 6.45) is 0.627. The van der Waals surface area contributed by atoms with Crippen LogP contribution in [0.15, 0.2) is 54.6 Å². The van der Waals surface area contributed by atoms with Crippen molar-refractivity contribution in [2.24, 2.45) is 0 Å². The van der Waals surface area contributed by atoms with Crippen LogP contribution in [0.4, 0.5) is 28.4 Å². The number of nitro groups is 1. The highest BCUT2D eigenvalue weighted by Gasteiger charge is 2.34. The van der Waals surface area contributed by atoms with Gasteiger partial charge in [0.1, 0.15) is 12.1 Å². The van der Waals surface area contributed by atoms with E-state index < -0.39 is 4.92 Å². The predicted octanol–water partition coefficient (Wildman–Crippen LogP) is 3.27. The molecule has 1 heterocycles. The molecule has 13 nitrogen and oxygen atoms in total. The second-order valence-electron chi connectivity index (χ2n) is 8.97. The van der Waals surface area contributed by atoms with Gasteiger partial charge in [0.25, 0.3) is 17.5 Å². The minimum Gasteiger partial charge on any atom is -0.397 e. The lowest BCUT2D eigenvalue weighted by molar-refractivity contribution is -0.384. The van der Waals surface area contributed by atoms with Gasteiger partial charge >= 0.3 is 0 Å². The van der Waals surface area contributed by atoms with Gasteiger partial charge in [-0.3, -0.25) is 29.4 Å². The Morgan fingerprint density at radius 2 is 1.59 bits per heavy atom. The highest BCUT2D eigenvalue weighted by molar-refractivity contribution is 6.21. The number of nitrogens with two attached hydrogens (primary N) is 2. The second kappa shape index (κ2) is 12.7. The Hall–Kier alpha value is -5.95. The molecule has 0 saturated carbocycles. The number of nitrogens with one attached hydrogen (secondary N) is 1. The smallest absolute Gasteiger partial charge is 0.272 e. The molecule has 0 unspecified atom stereocenters. The van der Waals surface area contributed by atoms with Crippen molar-refractivity contribution in [2.45, 2.75) is 13.3 Å². The zero-order valence-corrected chi connectivity index (χ0v) is 22.2. The van der Waals surface area contributed by atoms with Crippen molar-refractivity contribution in [3.63, 3.8) is 0 Å². The molecule has 208 valence electrons. The average molecular weight is 555 g/mol. The number of benzene rings is 3. The van der Waals surface area contributed by atoms with Crippen molar-refractivity contribution in [1.29, 1.82) is 10.5 Å². The van der Waals surface area contributed by atoms with E-state index in [4.69, 9.17) is 22.0 Å². The van der Waals surface area contributed by atoms with Crippen molar-refractivity contribution in [1.82, 2.24) is 4.90 Å². The molecule has 0 bridgehead atoms. The maximum atomic E-state index is 12.4. The molecule has 4 rings (SSSR count). The molecule has 3 amide bonds. The van der Waals surface area contributed by atoms with Crippen molar-refractivity contribution in [2.75, 3.05) is 41.8 Å². The van der Waals surface area contributed by atoms with Crippen LogP contribution in [0.1, 0.15) is 45.2 Å². The number of nitro benzene ring substituents is 1. The molecule has 0 spiro atoms. The van der Waals surface area contributed by atoms with E-state index in [9.17, 15) is 24.5 Å². The van der Waals surface area contributed by atoms with E-state index in [2.05, 4.69) is 5.32 Å². The molecule has 1 aliphatic heterocycles. The normalized spacial score (nSPS) is 11.5. The van der Waals surface area contributed by atoms with E-state index in [1.807, 2.05) is 18.0 Å². The summed E-state index contributed by atoms with van der Waals surface area (Å²) in [5.41, 5.74) is 13.7. The number of hydrogen-bond acceptors (Lipinski definition) is 10. The molecule has 0 aliphatic carbocycles. The number of non-ortho nitro benzene ring substituents is 1. The van der Waals surface area contributed by atoms with Gasteiger partial charge in [0, 0.05) is 44.9 Å². The van der Waals surface area contributed by atoms with Crippen LogP contribution in [-0.2, 0) is 4.79 Å². The molecule has 0 atom stereocenters. The van der Waals surface area contributed by atoms with Crippen LogP contribution in [-0.4, -0.2) is 47.7 Å². The number of nitrogens with zero attached hydrogens (tertiary/aromatic N) is 5. The van der Waals surface area contributed by atoms with Gasteiger partial charge in [-0.25, -0.2) is 0 Å². The molecule has 3 aromatic rings. The predicted molar refractivity (Wildman–Crippen MR) is 152 cm³/mol. The number of nitriles is 2. The molecule has 5 N–H and O–H groups in total. The number of hydrogen-bond donors (Lipinski definition) is 3. The number of imide groups is 1. The molecule has 3 aromatic carbocycles.